The zero-order valence-electron chi connectivity index (χ0n) is 24.7. The van der Waals surface area contributed by atoms with E-state index >= 15 is 0 Å². The minimum absolute atomic E-state index is 0.0325. The summed E-state index contributed by atoms with van der Waals surface area (Å²) in [7, 11) is 0. The van der Waals surface area contributed by atoms with Crippen molar-refractivity contribution < 1.29 is 24.3 Å². The fraction of sp³-hybridized carbons (Fsp3) is 0.235. The van der Waals surface area contributed by atoms with Gasteiger partial charge in [0.25, 0.3) is 0 Å². The Hall–Kier alpha value is -5.42. The van der Waals surface area contributed by atoms with Gasteiger partial charge in [-0.25, -0.2) is 4.79 Å². The first kappa shape index (κ1) is 31.0. The van der Waals surface area contributed by atoms with Gasteiger partial charge in [-0.15, -0.1) is 0 Å². The van der Waals surface area contributed by atoms with Gasteiger partial charge < -0.3 is 36.8 Å². The second kappa shape index (κ2) is 13.9. The Morgan fingerprint density at radius 3 is 1.62 bits per heavy atom. The van der Waals surface area contributed by atoms with Gasteiger partial charge in [0.1, 0.15) is 18.1 Å². The number of rotatable bonds is 13. The highest BCUT2D eigenvalue weighted by Gasteiger charge is 2.31. The van der Waals surface area contributed by atoms with Crippen LogP contribution in [0.1, 0.15) is 23.6 Å². The van der Waals surface area contributed by atoms with Crippen LogP contribution < -0.4 is 21.7 Å². The standard InChI is InChI=1S/C34H36N6O5/c1-20(35)31(41)38-29(16-22-18-36-26-13-7-5-11-24(22)26)33(43)39-28(15-21-9-3-2-4-10-21)32(42)40-30(34(44)45)17-23-19-37-27-14-8-6-12-25(23)27/h2-14,18-20,28-30,36-37H,15-17,35H2,1H3,(H,38,41)(H,39,43)(H,40,42)(H,44,45). The Morgan fingerprint density at radius 2 is 1.09 bits per heavy atom. The second-order valence-corrected chi connectivity index (χ2v) is 11.1. The van der Waals surface area contributed by atoms with Crippen LogP contribution in [-0.4, -0.2) is 62.9 Å². The van der Waals surface area contributed by atoms with Crippen LogP contribution in [0.3, 0.4) is 0 Å². The van der Waals surface area contributed by atoms with Gasteiger partial charge in [-0.3, -0.25) is 14.4 Å². The largest absolute Gasteiger partial charge is 0.480 e. The van der Waals surface area contributed by atoms with Crippen LogP contribution in [0.25, 0.3) is 21.8 Å². The minimum Gasteiger partial charge on any atom is -0.480 e. The van der Waals surface area contributed by atoms with Crippen LogP contribution in [0.2, 0.25) is 0 Å². The summed E-state index contributed by atoms with van der Waals surface area (Å²) in [5.41, 5.74) is 9.82. The molecule has 3 aromatic carbocycles. The molecule has 11 heteroatoms. The zero-order valence-corrected chi connectivity index (χ0v) is 24.7. The fourth-order valence-electron chi connectivity index (χ4n) is 5.36. The van der Waals surface area contributed by atoms with Crippen molar-refractivity contribution in [3.63, 3.8) is 0 Å². The molecule has 2 aromatic heterocycles. The van der Waals surface area contributed by atoms with Gasteiger partial charge in [-0.05, 0) is 35.7 Å². The molecule has 0 saturated heterocycles. The van der Waals surface area contributed by atoms with Crippen LogP contribution >= 0.6 is 0 Å². The van der Waals surface area contributed by atoms with Crippen LogP contribution in [0.15, 0.2) is 91.3 Å². The van der Waals surface area contributed by atoms with E-state index in [-0.39, 0.29) is 19.3 Å². The second-order valence-electron chi connectivity index (χ2n) is 11.1. The zero-order chi connectivity index (χ0) is 31.9. The number of nitrogens with two attached hydrogens (primary N) is 1. The van der Waals surface area contributed by atoms with Crippen LogP contribution in [0, 0.1) is 0 Å². The van der Waals surface area contributed by atoms with Crippen molar-refractivity contribution in [2.75, 3.05) is 0 Å². The number of hydrogen-bond donors (Lipinski definition) is 7. The first-order valence-electron chi connectivity index (χ1n) is 14.7. The first-order valence-corrected chi connectivity index (χ1v) is 14.7. The number of fused-ring (bicyclic) bond motifs is 2. The lowest BCUT2D eigenvalue weighted by molar-refractivity contribution is -0.142. The number of carboxylic acids is 1. The van der Waals surface area contributed by atoms with Crippen molar-refractivity contribution in [3.05, 3.63) is 108 Å². The number of carbonyl (C=O) groups excluding carboxylic acids is 3. The summed E-state index contributed by atoms with van der Waals surface area (Å²) in [5.74, 6) is -3.00. The number of aromatic amines is 2. The van der Waals surface area contributed by atoms with Crippen LogP contribution in [-0.2, 0) is 38.4 Å². The molecular weight excluding hydrogens is 572 g/mol. The summed E-state index contributed by atoms with van der Waals surface area (Å²) in [4.78, 5) is 58.8. The first-order chi connectivity index (χ1) is 21.7. The summed E-state index contributed by atoms with van der Waals surface area (Å²) in [5, 5.41) is 19.9. The minimum atomic E-state index is -1.26. The molecule has 0 fully saturated rings. The molecule has 0 aliphatic rings. The van der Waals surface area contributed by atoms with E-state index in [0.29, 0.717) is 0 Å². The maximum atomic E-state index is 13.8. The molecule has 11 nitrogen and oxygen atoms in total. The lowest BCUT2D eigenvalue weighted by Crippen LogP contribution is -2.58. The summed E-state index contributed by atoms with van der Waals surface area (Å²) in [6.07, 6.45) is 3.77. The van der Waals surface area contributed by atoms with Crippen molar-refractivity contribution >= 4 is 45.5 Å². The number of carbonyl (C=O) groups is 4. The molecule has 0 saturated carbocycles. The monoisotopic (exact) mass is 608 g/mol. The number of aliphatic carboxylic acids is 1. The van der Waals surface area contributed by atoms with Crippen molar-refractivity contribution in [2.45, 2.75) is 50.4 Å². The molecule has 232 valence electrons. The molecule has 4 unspecified atom stereocenters. The maximum Gasteiger partial charge on any atom is 0.326 e. The molecule has 45 heavy (non-hydrogen) atoms. The van der Waals surface area contributed by atoms with Gasteiger partial charge in [0, 0.05) is 53.5 Å². The van der Waals surface area contributed by atoms with E-state index < -0.39 is 47.9 Å². The molecule has 2 heterocycles. The predicted octanol–water partition coefficient (Wildman–Crippen LogP) is 2.56. The average molecular weight is 609 g/mol. The highest BCUT2D eigenvalue weighted by atomic mass is 16.4. The quantitative estimate of drug-likeness (QED) is 0.108. The third-order valence-corrected chi connectivity index (χ3v) is 7.77. The highest BCUT2D eigenvalue weighted by Crippen LogP contribution is 2.21. The summed E-state index contributed by atoms with van der Waals surface area (Å²) < 4.78 is 0. The van der Waals surface area contributed by atoms with E-state index in [1.165, 1.54) is 6.92 Å². The predicted molar refractivity (Wildman–Crippen MR) is 171 cm³/mol. The smallest absolute Gasteiger partial charge is 0.326 e. The molecule has 8 N–H and O–H groups in total. The van der Waals surface area contributed by atoms with Gasteiger partial charge in [0.15, 0.2) is 0 Å². The molecule has 0 aliphatic heterocycles. The van der Waals surface area contributed by atoms with E-state index in [0.717, 1.165) is 38.5 Å². The number of hydrogen-bond acceptors (Lipinski definition) is 5. The lowest BCUT2D eigenvalue weighted by atomic mass is 10.0. The van der Waals surface area contributed by atoms with Gasteiger partial charge in [0.2, 0.25) is 17.7 Å². The maximum absolute atomic E-state index is 13.8. The Morgan fingerprint density at radius 1 is 0.644 bits per heavy atom. The van der Waals surface area contributed by atoms with Gasteiger partial charge in [-0.1, -0.05) is 66.7 Å². The van der Waals surface area contributed by atoms with E-state index in [9.17, 15) is 24.3 Å². The normalized spacial score (nSPS) is 13.9. The third-order valence-electron chi connectivity index (χ3n) is 7.77. The number of para-hydroxylation sites is 2. The van der Waals surface area contributed by atoms with Crippen LogP contribution in [0.4, 0.5) is 0 Å². The summed E-state index contributed by atoms with van der Waals surface area (Å²) in [6, 6.07) is 19.8. The van der Waals surface area contributed by atoms with E-state index in [2.05, 4.69) is 25.9 Å². The van der Waals surface area contributed by atoms with E-state index in [4.69, 9.17) is 5.73 Å². The highest BCUT2D eigenvalue weighted by molar-refractivity contribution is 5.95. The van der Waals surface area contributed by atoms with Gasteiger partial charge >= 0.3 is 5.97 Å². The average Bonchev–Trinajstić information content (AvgIpc) is 3.64. The molecular formula is C34H36N6O5. The van der Waals surface area contributed by atoms with E-state index in [1.807, 2.05) is 78.9 Å². The molecule has 0 aliphatic carbocycles. The Labute approximate surface area is 259 Å². The van der Waals surface area contributed by atoms with Crippen LogP contribution in [0.5, 0.6) is 0 Å². The van der Waals surface area contributed by atoms with Crippen molar-refractivity contribution in [1.82, 2.24) is 25.9 Å². The SMILES string of the molecule is CC(N)C(=O)NC(Cc1c[nH]c2ccccc12)C(=O)NC(Cc1ccccc1)C(=O)NC(Cc1c[nH]c2ccccc12)C(=O)O. The summed E-state index contributed by atoms with van der Waals surface area (Å²) >= 11 is 0. The molecule has 5 rings (SSSR count). The topological polar surface area (TPSA) is 182 Å². The third kappa shape index (κ3) is 7.57. The molecule has 4 atom stereocenters. The molecule has 0 radical (unpaired) electrons. The Kier molecular flexibility index (Phi) is 9.59. The van der Waals surface area contributed by atoms with Gasteiger partial charge in [0.05, 0.1) is 6.04 Å². The number of amides is 3. The molecule has 0 spiro atoms. The number of H-pyrrole nitrogens is 2. The van der Waals surface area contributed by atoms with Crippen molar-refractivity contribution in [1.29, 1.82) is 0 Å². The summed E-state index contributed by atoms with van der Waals surface area (Å²) in [6.45, 7) is 1.52. The number of aromatic nitrogens is 2. The molecule has 5 aromatic rings. The van der Waals surface area contributed by atoms with Crippen molar-refractivity contribution in [3.8, 4) is 0 Å². The number of benzene rings is 3. The fourth-order valence-corrected chi connectivity index (χ4v) is 5.36. The molecule has 0 bridgehead atoms. The molecule has 3 amide bonds. The van der Waals surface area contributed by atoms with Crippen molar-refractivity contribution in [2.24, 2.45) is 5.73 Å². The lowest BCUT2D eigenvalue weighted by Gasteiger charge is -2.25. The van der Waals surface area contributed by atoms with E-state index in [1.54, 1.807) is 12.4 Å². The Bertz CT molecular complexity index is 1810. The number of nitrogens with one attached hydrogen (secondary N) is 5. The Balaban J connectivity index is 1.38. The van der Waals surface area contributed by atoms with Gasteiger partial charge in [-0.2, -0.15) is 0 Å². The number of carboxylic acid groups (broad SMARTS) is 1.